The number of carbonyl (C=O) groups is 2. The van der Waals surface area contributed by atoms with Crippen LogP contribution in [0.15, 0.2) is 0 Å². The van der Waals surface area contributed by atoms with Gasteiger partial charge >= 0.3 is 6.03 Å². The maximum atomic E-state index is 11.8. The van der Waals surface area contributed by atoms with E-state index in [9.17, 15) is 9.59 Å². The van der Waals surface area contributed by atoms with Crippen LogP contribution >= 0.6 is 22.5 Å². The Morgan fingerprint density at radius 2 is 1.94 bits per heavy atom. The Bertz CT molecular complexity index is 351. The molecule has 2 aliphatic heterocycles. The fourth-order valence-corrected chi connectivity index (χ4v) is 3.01. The van der Waals surface area contributed by atoms with Crippen molar-refractivity contribution < 1.29 is 9.59 Å². The molecule has 2 aliphatic rings. The number of amides is 3. The van der Waals surface area contributed by atoms with Crippen molar-refractivity contribution in [2.24, 2.45) is 0 Å². The number of piperidine rings is 1. The third kappa shape index (κ3) is 2.28. The number of imide groups is 1. The van der Waals surface area contributed by atoms with Crippen molar-refractivity contribution >= 4 is 34.4 Å². The molecular weight excluding hydrogens is 258 g/mol. The summed E-state index contributed by atoms with van der Waals surface area (Å²) < 4.78 is 0. The van der Waals surface area contributed by atoms with Crippen LogP contribution in [0.4, 0.5) is 4.79 Å². The number of hydrogen-bond donors (Lipinski definition) is 3. The molecule has 2 saturated heterocycles. The summed E-state index contributed by atoms with van der Waals surface area (Å²) in [5.74, 6) is -0.182. The van der Waals surface area contributed by atoms with Gasteiger partial charge in [0.15, 0.2) is 0 Å². The number of nitrogens with zero attached hydrogens (tertiary/aromatic N) is 1. The lowest BCUT2D eigenvalue weighted by molar-refractivity contribution is -0.125. The molecule has 0 aromatic rings. The molecule has 0 aliphatic carbocycles. The molecule has 2 rings (SSSR count). The Kier molecular flexibility index (Phi) is 3.35. The lowest BCUT2D eigenvalue weighted by Gasteiger charge is -2.44. The Morgan fingerprint density at radius 3 is 2.35 bits per heavy atom. The fourth-order valence-electron chi connectivity index (χ4n) is 2.36. The van der Waals surface area contributed by atoms with Crippen molar-refractivity contribution in [1.29, 1.82) is 0 Å². The molecule has 0 saturated carbocycles. The molecule has 0 unspecified atom stereocenters. The molecule has 0 radical (unpaired) electrons. The number of carbonyl (C=O) groups excluding carboxylic acids is 2. The topological polar surface area (TPSA) is 61.4 Å². The van der Waals surface area contributed by atoms with Crippen LogP contribution in [0.25, 0.3) is 0 Å². The summed E-state index contributed by atoms with van der Waals surface area (Å²) >= 11 is 4.27. The number of likely N-dealkylation sites (tertiary alicyclic amines) is 1. The van der Waals surface area contributed by atoms with Gasteiger partial charge in [0.2, 0.25) is 0 Å². The molecule has 96 valence electrons. The van der Waals surface area contributed by atoms with Crippen LogP contribution in [0.5, 0.6) is 0 Å². The minimum absolute atomic E-state index is 0.0518. The summed E-state index contributed by atoms with van der Waals surface area (Å²) in [6.07, 6.45) is 1.31. The molecule has 2 N–H and O–H groups in total. The second-order valence-corrected chi connectivity index (χ2v) is 6.74. The fraction of sp³-hybridized carbons (Fsp3) is 0.800. The van der Waals surface area contributed by atoms with E-state index in [1.807, 2.05) is 0 Å². The summed E-state index contributed by atoms with van der Waals surface area (Å²) in [7, 11) is 1.50. The molecule has 0 bridgehead atoms. The quantitative estimate of drug-likeness (QED) is 0.399. The van der Waals surface area contributed by atoms with Crippen LogP contribution in [-0.4, -0.2) is 40.3 Å². The van der Waals surface area contributed by atoms with Gasteiger partial charge in [0.05, 0.1) is 4.87 Å². The van der Waals surface area contributed by atoms with Crippen molar-refractivity contribution in [3.8, 4) is 0 Å². The molecule has 1 spiro atoms. The zero-order valence-electron chi connectivity index (χ0n) is 9.95. The van der Waals surface area contributed by atoms with Gasteiger partial charge in [-0.3, -0.25) is 15.0 Å². The number of urea groups is 1. The third-order valence-corrected chi connectivity index (χ3v) is 5.66. The molecular formula is C10H17N3O2S2. The highest BCUT2D eigenvalue weighted by Gasteiger charge is 2.49. The van der Waals surface area contributed by atoms with Gasteiger partial charge in [0.1, 0.15) is 5.54 Å². The summed E-state index contributed by atoms with van der Waals surface area (Å²) in [6, 6.07) is -0.369. The lowest BCUT2D eigenvalue weighted by atomic mass is 9.87. The summed E-state index contributed by atoms with van der Waals surface area (Å²) in [5, 5.41) is 5.07. The van der Waals surface area contributed by atoms with Gasteiger partial charge in [-0.2, -0.15) is 0 Å². The molecule has 0 aromatic carbocycles. The van der Waals surface area contributed by atoms with E-state index in [4.69, 9.17) is 0 Å². The molecule has 3 amide bonds. The largest absolute Gasteiger partial charge is 0.323 e. The van der Waals surface area contributed by atoms with Gasteiger partial charge in [-0.25, -0.2) is 4.79 Å². The van der Waals surface area contributed by atoms with Crippen molar-refractivity contribution in [1.82, 2.24) is 15.5 Å². The summed E-state index contributed by atoms with van der Waals surface area (Å²) in [5.41, 5.74) is -0.676. The van der Waals surface area contributed by atoms with E-state index in [2.05, 4.69) is 41.0 Å². The zero-order valence-corrected chi connectivity index (χ0v) is 11.7. The average Bonchev–Trinajstić information content (AvgIpc) is 2.54. The van der Waals surface area contributed by atoms with Crippen LogP contribution < -0.4 is 10.6 Å². The molecule has 2 fully saturated rings. The minimum atomic E-state index is -0.676. The highest BCUT2D eigenvalue weighted by atomic mass is 33.1. The Balaban J connectivity index is 2.03. The summed E-state index contributed by atoms with van der Waals surface area (Å²) in [6.45, 7) is 5.79. The monoisotopic (exact) mass is 275 g/mol. The summed E-state index contributed by atoms with van der Waals surface area (Å²) in [4.78, 5) is 25.2. The zero-order chi connectivity index (χ0) is 12.7. The first-order chi connectivity index (χ1) is 7.89. The van der Waals surface area contributed by atoms with E-state index in [0.29, 0.717) is 12.8 Å². The van der Waals surface area contributed by atoms with E-state index >= 15 is 0 Å². The van der Waals surface area contributed by atoms with Crippen molar-refractivity contribution in [3.63, 3.8) is 0 Å². The number of nitrogens with one attached hydrogen (secondary N) is 2. The predicted octanol–water partition coefficient (Wildman–Crippen LogP) is 0.974. The first-order valence-electron chi connectivity index (χ1n) is 5.61. The number of hydrogen-bond acceptors (Lipinski definition) is 5. The van der Waals surface area contributed by atoms with E-state index in [-0.39, 0.29) is 16.8 Å². The SMILES string of the molecule is CC(C)(SS)N1CCC2(CC1)NC(=O)NC2=O. The smallest absolute Gasteiger partial charge is 0.322 e. The Labute approximate surface area is 110 Å². The first-order valence-corrected chi connectivity index (χ1v) is 7.48. The van der Waals surface area contributed by atoms with Crippen LogP contribution in [0.3, 0.4) is 0 Å². The van der Waals surface area contributed by atoms with Gasteiger partial charge in [0, 0.05) is 13.1 Å². The number of thiol groups is 1. The van der Waals surface area contributed by atoms with Gasteiger partial charge in [-0.1, -0.05) is 10.8 Å². The highest BCUT2D eigenvalue weighted by molar-refractivity contribution is 8.69. The van der Waals surface area contributed by atoms with E-state index in [1.54, 1.807) is 0 Å². The number of rotatable bonds is 2. The van der Waals surface area contributed by atoms with Gasteiger partial charge in [-0.05, 0) is 26.7 Å². The Hall–Kier alpha value is -0.400. The van der Waals surface area contributed by atoms with Gasteiger partial charge < -0.3 is 5.32 Å². The van der Waals surface area contributed by atoms with E-state index < -0.39 is 5.54 Å². The second kappa shape index (κ2) is 4.37. The molecule has 0 aromatic heterocycles. The van der Waals surface area contributed by atoms with Crippen LogP contribution in [0, 0.1) is 0 Å². The van der Waals surface area contributed by atoms with Crippen molar-refractivity contribution in [3.05, 3.63) is 0 Å². The highest BCUT2D eigenvalue weighted by Crippen LogP contribution is 2.36. The maximum Gasteiger partial charge on any atom is 0.322 e. The first kappa shape index (κ1) is 13.0. The maximum absolute atomic E-state index is 11.8. The normalized spacial score (nSPS) is 24.9. The standard InChI is InChI=1S/C10H17N3O2S2/c1-9(2,17-16)13-5-3-10(4-6-13)7(14)11-8(15)12-10/h16H,3-6H2,1-2H3,(H2,11,12,14,15). The van der Waals surface area contributed by atoms with Crippen molar-refractivity contribution in [2.45, 2.75) is 37.1 Å². The average molecular weight is 275 g/mol. The molecule has 7 heteroatoms. The van der Waals surface area contributed by atoms with E-state index in [1.165, 1.54) is 10.8 Å². The van der Waals surface area contributed by atoms with Crippen LogP contribution in [0.2, 0.25) is 0 Å². The van der Waals surface area contributed by atoms with Crippen molar-refractivity contribution in [2.75, 3.05) is 13.1 Å². The predicted molar refractivity (Wildman–Crippen MR) is 70.9 cm³/mol. The van der Waals surface area contributed by atoms with Crippen LogP contribution in [-0.2, 0) is 4.79 Å². The molecule has 0 atom stereocenters. The molecule has 2 heterocycles. The molecule has 5 nitrogen and oxygen atoms in total. The van der Waals surface area contributed by atoms with Crippen LogP contribution in [0.1, 0.15) is 26.7 Å². The van der Waals surface area contributed by atoms with Gasteiger partial charge in [0.25, 0.3) is 5.91 Å². The Morgan fingerprint density at radius 1 is 1.35 bits per heavy atom. The lowest BCUT2D eigenvalue weighted by Crippen LogP contribution is -2.57. The second-order valence-electron chi connectivity index (χ2n) is 5.02. The molecule has 17 heavy (non-hydrogen) atoms. The van der Waals surface area contributed by atoms with E-state index in [0.717, 1.165) is 13.1 Å². The van der Waals surface area contributed by atoms with Gasteiger partial charge in [-0.15, -0.1) is 11.7 Å². The third-order valence-electron chi connectivity index (χ3n) is 3.62. The minimum Gasteiger partial charge on any atom is -0.323 e.